The summed E-state index contributed by atoms with van der Waals surface area (Å²) in [7, 11) is 0. The number of halogens is 1. The summed E-state index contributed by atoms with van der Waals surface area (Å²) in [6, 6.07) is 12.3. The topological polar surface area (TPSA) is 135 Å². The summed E-state index contributed by atoms with van der Waals surface area (Å²) < 4.78 is 24.6. The molecule has 1 atom stereocenters. The van der Waals surface area contributed by atoms with Crippen LogP contribution in [-0.2, 0) is 9.53 Å². The molecule has 0 aliphatic carbocycles. The molecule has 0 amide bonds. The largest absolute Gasteiger partial charge is 0.463 e. The highest BCUT2D eigenvalue weighted by molar-refractivity contribution is 9.10. The first kappa shape index (κ1) is 26.7. The van der Waals surface area contributed by atoms with Gasteiger partial charge in [0.15, 0.2) is 16.3 Å². The Balaban J connectivity index is 1.45. The molecule has 2 aromatic heterocycles. The fraction of sp³-hybridized carbons (Fsp3) is 0.179. The number of non-ortho nitro benzene ring substituents is 1. The SMILES string of the molecule is CCOC(=O)C1=C(C)N=c2s/c(=C/c3ccc(-c4ccc([N+](=O)[O-])cc4Br)o3)c(=O)n2C1c1ccc2c(c1)OCO2. The van der Waals surface area contributed by atoms with E-state index >= 15 is 0 Å². The molecule has 0 radical (unpaired) electrons. The van der Waals surface area contributed by atoms with Crippen LogP contribution in [0.5, 0.6) is 11.5 Å². The Hall–Kier alpha value is -4.49. The van der Waals surface area contributed by atoms with Gasteiger partial charge in [-0.3, -0.25) is 19.5 Å². The fourth-order valence-electron chi connectivity index (χ4n) is 4.71. The van der Waals surface area contributed by atoms with Crippen molar-refractivity contribution >= 4 is 45.0 Å². The summed E-state index contributed by atoms with van der Waals surface area (Å²) in [5, 5.41) is 11.1. The Bertz CT molecular complexity index is 1950. The Morgan fingerprint density at radius 2 is 2.02 bits per heavy atom. The maximum absolute atomic E-state index is 13.8. The molecule has 4 aromatic rings. The molecule has 2 aliphatic heterocycles. The van der Waals surface area contributed by atoms with E-state index in [1.807, 2.05) is 0 Å². The summed E-state index contributed by atoms with van der Waals surface area (Å²) in [6.07, 6.45) is 1.60. The van der Waals surface area contributed by atoms with E-state index in [0.29, 0.717) is 53.6 Å². The van der Waals surface area contributed by atoms with Crippen molar-refractivity contribution < 1.29 is 28.3 Å². The summed E-state index contributed by atoms with van der Waals surface area (Å²) >= 11 is 4.53. The minimum absolute atomic E-state index is 0.0528. The van der Waals surface area contributed by atoms with E-state index in [0.717, 1.165) is 0 Å². The maximum Gasteiger partial charge on any atom is 0.338 e. The third kappa shape index (κ3) is 4.76. The van der Waals surface area contributed by atoms with E-state index in [1.54, 1.807) is 56.3 Å². The van der Waals surface area contributed by atoms with Gasteiger partial charge in [0.05, 0.1) is 33.4 Å². The number of thiazole rings is 1. The highest BCUT2D eigenvalue weighted by atomic mass is 79.9. The lowest BCUT2D eigenvalue weighted by Gasteiger charge is -2.24. The van der Waals surface area contributed by atoms with Crippen LogP contribution in [0.3, 0.4) is 0 Å². The van der Waals surface area contributed by atoms with Crippen LogP contribution in [0.25, 0.3) is 17.4 Å². The third-order valence-corrected chi connectivity index (χ3v) is 8.20. The number of allylic oxidation sites excluding steroid dienone is 1. The van der Waals surface area contributed by atoms with Crippen molar-refractivity contribution in [1.29, 1.82) is 0 Å². The van der Waals surface area contributed by atoms with E-state index in [9.17, 15) is 19.7 Å². The predicted octanol–water partition coefficient (Wildman–Crippen LogP) is 4.46. The second-order valence-electron chi connectivity index (χ2n) is 9.04. The van der Waals surface area contributed by atoms with Gasteiger partial charge in [0.2, 0.25) is 6.79 Å². The van der Waals surface area contributed by atoms with Gasteiger partial charge in [-0.05, 0) is 65.7 Å². The zero-order chi connectivity index (χ0) is 28.8. The minimum atomic E-state index is -0.801. The van der Waals surface area contributed by atoms with Crippen LogP contribution in [0.15, 0.2) is 78.5 Å². The number of benzene rings is 2. The van der Waals surface area contributed by atoms with Crippen molar-refractivity contribution in [2.75, 3.05) is 13.4 Å². The normalized spacial score (nSPS) is 16.0. The van der Waals surface area contributed by atoms with Gasteiger partial charge in [0.25, 0.3) is 11.2 Å². The standard InChI is InChI=1S/C28H20BrN3O8S/c1-3-37-27(34)24-14(2)30-28-31(25(24)15-4-8-21-22(10-15)39-13-38-21)26(33)23(41-28)12-17-6-9-20(40-17)18-7-5-16(32(35)36)11-19(18)29/h4-12,25H,3,13H2,1-2H3/b23-12+. The summed E-state index contributed by atoms with van der Waals surface area (Å²) in [6.45, 7) is 3.68. The first-order valence-corrected chi connectivity index (χ1v) is 14.0. The number of nitro benzene ring substituents is 1. The van der Waals surface area contributed by atoms with Crippen molar-refractivity contribution in [3.8, 4) is 22.8 Å². The van der Waals surface area contributed by atoms with E-state index in [4.69, 9.17) is 18.6 Å². The van der Waals surface area contributed by atoms with E-state index in [1.165, 1.54) is 28.0 Å². The van der Waals surface area contributed by atoms with Gasteiger partial charge in [-0.1, -0.05) is 17.4 Å². The molecule has 4 heterocycles. The number of hydrogen-bond donors (Lipinski definition) is 0. The number of ether oxygens (including phenoxy) is 3. The van der Waals surface area contributed by atoms with Crippen molar-refractivity contribution in [3.05, 3.63) is 105 Å². The zero-order valence-electron chi connectivity index (χ0n) is 21.6. The first-order valence-electron chi connectivity index (χ1n) is 12.4. The van der Waals surface area contributed by atoms with Gasteiger partial charge in [-0.2, -0.15) is 0 Å². The number of fused-ring (bicyclic) bond motifs is 2. The van der Waals surface area contributed by atoms with Crippen LogP contribution in [-0.4, -0.2) is 28.9 Å². The molecule has 0 saturated carbocycles. The number of esters is 1. The minimum Gasteiger partial charge on any atom is -0.463 e. The van der Waals surface area contributed by atoms with E-state index in [-0.39, 0.29) is 30.2 Å². The summed E-state index contributed by atoms with van der Waals surface area (Å²) in [5.41, 5.74) is 1.55. The molecular formula is C28H20BrN3O8S. The number of aromatic nitrogens is 1. The Morgan fingerprint density at radius 1 is 1.22 bits per heavy atom. The molecule has 0 fully saturated rings. The van der Waals surface area contributed by atoms with Crippen molar-refractivity contribution in [2.45, 2.75) is 19.9 Å². The molecule has 2 aliphatic rings. The molecule has 1 unspecified atom stereocenters. The van der Waals surface area contributed by atoms with Crippen LogP contribution in [0.1, 0.15) is 31.2 Å². The molecule has 0 N–H and O–H groups in total. The number of nitrogens with zero attached hydrogens (tertiary/aromatic N) is 3. The predicted molar refractivity (Wildman–Crippen MR) is 151 cm³/mol. The van der Waals surface area contributed by atoms with Crippen molar-refractivity contribution in [2.24, 2.45) is 4.99 Å². The van der Waals surface area contributed by atoms with Gasteiger partial charge >= 0.3 is 5.97 Å². The molecule has 2 aromatic carbocycles. The van der Waals surface area contributed by atoms with Gasteiger partial charge in [0.1, 0.15) is 11.5 Å². The molecule has 0 bridgehead atoms. The molecular weight excluding hydrogens is 618 g/mol. The lowest BCUT2D eigenvalue weighted by molar-refractivity contribution is -0.384. The lowest BCUT2D eigenvalue weighted by Crippen LogP contribution is -2.39. The van der Waals surface area contributed by atoms with E-state index < -0.39 is 16.9 Å². The quantitative estimate of drug-likeness (QED) is 0.172. The Labute approximate surface area is 243 Å². The third-order valence-electron chi connectivity index (χ3n) is 6.56. The fourth-order valence-corrected chi connectivity index (χ4v) is 6.30. The average molecular weight is 638 g/mol. The number of hydrogen-bond acceptors (Lipinski definition) is 10. The number of rotatable bonds is 6. The zero-order valence-corrected chi connectivity index (χ0v) is 24.0. The highest BCUT2D eigenvalue weighted by Crippen LogP contribution is 2.38. The summed E-state index contributed by atoms with van der Waals surface area (Å²) in [4.78, 5) is 42.5. The molecule has 0 saturated heterocycles. The van der Waals surface area contributed by atoms with Crippen molar-refractivity contribution in [1.82, 2.24) is 4.57 Å². The van der Waals surface area contributed by atoms with E-state index in [2.05, 4.69) is 20.9 Å². The number of nitro groups is 1. The molecule has 41 heavy (non-hydrogen) atoms. The monoisotopic (exact) mass is 637 g/mol. The second-order valence-corrected chi connectivity index (χ2v) is 10.9. The van der Waals surface area contributed by atoms with Crippen LogP contribution in [0.2, 0.25) is 0 Å². The van der Waals surface area contributed by atoms with Crippen molar-refractivity contribution in [3.63, 3.8) is 0 Å². The number of carbonyl (C=O) groups is 1. The second kappa shape index (κ2) is 10.5. The van der Waals surface area contributed by atoms with Gasteiger partial charge < -0.3 is 18.6 Å². The maximum atomic E-state index is 13.8. The number of furan rings is 1. The number of carbonyl (C=O) groups excluding carboxylic acids is 1. The van der Waals surface area contributed by atoms with Crippen LogP contribution in [0.4, 0.5) is 5.69 Å². The molecule has 208 valence electrons. The first-order chi connectivity index (χ1) is 19.7. The van der Waals surface area contributed by atoms with Gasteiger partial charge in [-0.15, -0.1) is 0 Å². The molecule has 13 heteroatoms. The van der Waals surface area contributed by atoms with Gasteiger partial charge in [0, 0.05) is 28.2 Å². The molecule has 0 spiro atoms. The average Bonchev–Trinajstić information content (AvgIpc) is 3.67. The smallest absolute Gasteiger partial charge is 0.338 e. The highest BCUT2D eigenvalue weighted by Gasteiger charge is 2.34. The Kier molecular flexibility index (Phi) is 6.83. The molecule has 6 rings (SSSR count). The van der Waals surface area contributed by atoms with Crippen LogP contribution >= 0.6 is 27.3 Å². The van der Waals surface area contributed by atoms with Crippen LogP contribution < -0.4 is 24.4 Å². The van der Waals surface area contributed by atoms with Gasteiger partial charge in [-0.25, -0.2) is 9.79 Å². The summed E-state index contributed by atoms with van der Waals surface area (Å²) in [5.74, 6) is 1.40. The lowest BCUT2D eigenvalue weighted by atomic mass is 9.95. The Morgan fingerprint density at radius 3 is 2.78 bits per heavy atom. The van der Waals surface area contributed by atoms with Crippen LogP contribution in [0, 0.1) is 10.1 Å². The molecule has 11 nitrogen and oxygen atoms in total.